The molecule has 0 unspecified atom stereocenters. The van der Waals surface area contributed by atoms with E-state index in [0.29, 0.717) is 49.3 Å². The van der Waals surface area contributed by atoms with Gasteiger partial charge in [-0.1, -0.05) is 12.1 Å². The normalized spacial score (nSPS) is 14.4. The Bertz CT molecular complexity index is 1010. The molecule has 0 spiro atoms. The van der Waals surface area contributed by atoms with Gasteiger partial charge in [-0.25, -0.2) is 15.0 Å². The topological polar surface area (TPSA) is 84.2 Å². The standard InChI is InChI=1S/C20H22N6O2/c27-18(24-11-13-25(14-12-24)20-21-8-4-9-22-20)7-3-10-26-15-23-17-6-2-1-5-16(17)19(26)28/h1-2,4-6,8-9,15H,3,7,10-14H2. The van der Waals surface area contributed by atoms with Crippen LogP contribution >= 0.6 is 0 Å². The van der Waals surface area contributed by atoms with Gasteiger partial charge in [0.1, 0.15) is 0 Å². The first-order valence-electron chi connectivity index (χ1n) is 9.46. The third-order valence-electron chi connectivity index (χ3n) is 4.99. The van der Waals surface area contributed by atoms with E-state index in [1.807, 2.05) is 23.1 Å². The number of amides is 1. The van der Waals surface area contributed by atoms with Crippen molar-refractivity contribution in [1.29, 1.82) is 0 Å². The van der Waals surface area contributed by atoms with Crippen molar-refractivity contribution in [2.24, 2.45) is 0 Å². The SMILES string of the molecule is O=C(CCCn1cnc2ccccc2c1=O)N1CCN(c2ncccn2)CC1. The fourth-order valence-corrected chi connectivity index (χ4v) is 3.43. The highest BCUT2D eigenvalue weighted by atomic mass is 16.2. The van der Waals surface area contributed by atoms with E-state index >= 15 is 0 Å². The van der Waals surface area contributed by atoms with Gasteiger partial charge in [0, 0.05) is 51.5 Å². The summed E-state index contributed by atoms with van der Waals surface area (Å²) >= 11 is 0. The molecule has 4 rings (SSSR count). The number of anilines is 1. The minimum absolute atomic E-state index is 0.0606. The van der Waals surface area contributed by atoms with Gasteiger partial charge in [0.15, 0.2) is 0 Å². The summed E-state index contributed by atoms with van der Waals surface area (Å²) in [7, 11) is 0. The fourth-order valence-electron chi connectivity index (χ4n) is 3.43. The van der Waals surface area contributed by atoms with E-state index in [1.165, 1.54) is 0 Å². The summed E-state index contributed by atoms with van der Waals surface area (Å²) in [6.45, 7) is 3.26. The van der Waals surface area contributed by atoms with Crippen LogP contribution in [0.5, 0.6) is 0 Å². The molecule has 0 saturated carbocycles. The largest absolute Gasteiger partial charge is 0.339 e. The van der Waals surface area contributed by atoms with Crippen LogP contribution in [0.4, 0.5) is 5.95 Å². The number of carbonyl (C=O) groups excluding carboxylic acids is 1. The van der Waals surface area contributed by atoms with E-state index in [-0.39, 0.29) is 11.5 Å². The van der Waals surface area contributed by atoms with E-state index < -0.39 is 0 Å². The second-order valence-corrected chi connectivity index (χ2v) is 6.78. The van der Waals surface area contributed by atoms with Crippen LogP contribution in [0.3, 0.4) is 0 Å². The third-order valence-corrected chi connectivity index (χ3v) is 4.99. The molecular formula is C20H22N6O2. The quantitative estimate of drug-likeness (QED) is 0.666. The lowest BCUT2D eigenvalue weighted by Crippen LogP contribution is -2.49. The molecule has 1 amide bonds. The molecule has 0 aliphatic carbocycles. The molecule has 1 aliphatic heterocycles. The minimum atomic E-state index is -0.0606. The Hall–Kier alpha value is -3.29. The van der Waals surface area contributed by atoms with Crippen molar-refractivity contribution in [3.8, 4) is 0 Å². The van der Waals surface area contributed by atoms with Crippen LogP contribution in [-0.2, 0) is 11.3 Å². The van der Waals surface area contributed by atoms with Crippen molar-refractivity contribution < 1.29 is 4.79 Å². The van der Waals surface area contributed by atoms with Gasteiger partial charge in [-0.2, -0.15) is 0 Å². The van der Waals surface area contributed by atoms with Gasteiger partial charge in [-0.05, 0) is 24.6 Å². The van der Waals surface area contributed by atoms with Crippen molar-refractivity contribution in [3.05, 3.63) is 59.4 Å². The van der Waals surface area contributed by atoms with Crippen molar-refractivity contribution in [2.75, 3.05) is 31.1 Å². The zero-order valence-electron chi connectivity index (χ0n) is 15.6. The van der Waals surface area contributed by atoms with Crippen molar-refractivity contribution in [3.63, 3.8) is 0 Å². The number of benzene rings is 1. The maximum atomic E-state index is 12.5. The monoisotopic (exact) mass is 378 g/mol. The number of aromatic nitrogens is 4. The molecule has 0 bridgehead atoms. The molecule has 8 heteroatoms. The highest BCUT2D eigenvalue weighted by Crippen LogP contribution is 2.11. The Labute approximate surface area is 162 Å². The molecule has 2 aromatic heterocycles. The van der Waals surface area contributed by atoms with E-state index in [9.17, 15) is 9.59 Å². The van der Waals surface area contributed by atoms with Crippen molar-refractivity contribution in [1.82, 2.24) is 24.4 Å². The number of rotatable bonds is 5. The predicted molar refractivity (Wildman–Crippen MR) is 106 cm³/mol. The van der Waals surface area contributed by atoms with Crippen molar-refractivity contribution in [2.45, 2.75) is 19.4 Å². The fraction of sp³-hybridized carbons (Fsp3) is 0.350. The van der Waals surface area contributed by atoms with Gasteiger partial charge in [0.2, 0.25) is 11.9 Å². The predicted octanol–water partition coefficient (Wildman–Crippen LogP) is 1.32. The zero-order valence-corrected chi connectivity index (χ0v) is 15.6. The maximum absolute atomic E-state index is 12.5. The third kappa shape index (κ3) is 3.85. The molecular weight excluding hydrogens is 356 g/mol. The second kappa shape index (κ2) is 8.16. The van der Waals surface area contributed by atoms with Crippen LogP contribution in [0.25, 0.3) is 10.9 Å². The first-order valence-corrected chi connectivity index (χ1v) is 9.46. The lowest BCUT2D eigenvalue weighted by molar-refractivity contribution is -0.131. The second-order valence-electron chi connectivity index (χ2n) is 6.78. The number of hydrogen-bond donors (Lipinski definition) is 0. The van der Waals surface area contributed by atoms with Gasteiger partial charge >= 0.3 is 0 Å². The van der Waals surface area contributed by atoms with Crippen LogP contribution < -0.4 is 10.5 Å². The zero-order chi connectivity index (χ0) is 19.3. The van der Waals surface area contributed by atoms with Gasteiger partial charge in [-0.3, -0.25) is 14.2 Å². The molecule has 144 valence electrons. The highest BCUT2D eigenvalue weighted by Gasteiger charge is 2.22. The van der Waals surface area contributed by atoms with Crippen LogP contribution in [-0.4, -0.2) is 56.5 Å². The Balaban J connectivity index is 1.29. The first kappa shape index (κ1) is 18.1. The molecule has 28 heavy (non-hydrogen) atoms. The van der Waals surface area contributed by atoms with Crippen molar-refractivity contribution >= 4 is 22.8 Å². The molecule has 1 aromatic carbocycles. The van der Waals surface area contributed by atoms with Gasteiger partial charge < -0.3 is 9.80 Å². The number of carbonyl (C=O) groups is 1. The Morgan fingerprint density at radius 1 is 0.964 bits per heavy atom. The minimum Gasteiger partial charge on any atom is -0.339 e. The Morgan fingerprint density at radius 2 is 1.71 bits per heavy atom. The summed E-state index contributed by atoms with van der Waals surface area (Å²) in [5.74, 6) is 0.827. The van der Waals surface area contributed by atoms with E-state index in [4.69, 9.17) is 0 Å². The molecule has 1 aliphatic rings. The molecule has 3 heterocycles. The number of para-hydroxylation sites is 1. The van der Waals surface area contributed by atoms with Crippen LogP contribution in [0.15, 0.2) is 53.8 Å². The van der Waals surface area contributed by atoms with E-state index in [1.54, 1.807) is 35.4 Å². The highest BCUT2D eigenvalue weighted by molar-refractivity contribution is 5.77. The van der Waals surface area contributed by atoms with Crippen LogP contribution in [0.2, 0.25) is 0 Å². The molecule has 1 fully saturated rings. The number of hydrogen-bond acceptors (Lipinski definition) is 6. The molecule has 0 N–H and O–H groups in total. The number of piperazine rings is 1. The van der Waals surface area contributed by atoms with Gasteiger partial charge in [-0.15, -0.1) is 0 Å². The Morgan fingerprint density at radius 3 is 2.50 bits per heavy atom. The van der Waals surface area contributed by atoms with Gasteiger partial charge in [0.25, 0.3) is 5.56 Å². The number of aryl methyl sites for hydroxylation is 1. The van der Waals surface area contributed by atoms with Crippen LogP contribution in [0.1, 0.15) is 12.8 Å². The average Bonchev–Trinajstić information content (AvgIpc) is 2.76. The lowest BCUT2D eigenvalue weighted by Gasteiger charge is -2.34. The Kier molecular flexibility index (Phi) is 5.27. The number of fused-ring (bicyclic) bond motifs is 1. The maximum Gasteiger partial charge on any atom is 0.261 e. The molecule has 8 nitrogen and oxygen atoms in total. The average molecular weight is 378 g/mol. The van der Waals surface area contributed by atoms with E-state index in [0.717, 1.165) is 13.1 Å². The molecule has 1 saturated heterocycles. The molecule has 3 aromatic rings. The first-order chi connectivity index (χ1) is 13.7. The van der Waals surface area contributed by atoms with Gasteiger partial charge in [0.05, 0.1) is 17.2 Å². The summed E-state index contributed by atoms with van der Waals surface area (Å²) in [6, 6.07) is 9.09. The van der Waals surface area contributed by atoms with E-state index in [2.05, 4.69) is 19.9 Å². The smallest absolute Gasteiger partial charge is 0.261 e. The summed E-state index contributed by atoms with van der Waals surface area (Å²) in [4.78, 5) is 41.8. The number of nitrogens with zero attached hydrogens (tertiary/aromatic N) is 6. The lowest BCUT2D eigenvalue weighted by atomic mass is 10.2. The summed E-state index contributed by atoms with van der Waals surface area (Å²) in [5.41, 5.74) is 0.634. The molecule has 0 radical (unpaired) electrons. The van der Waals surface area contributed by atoms with Crippen LogP contribution in [0, 0.1) is 0 Å². The summed E-state index contributed by atoms with van der Waals surface area (Å²) < 4.78 is 1.58. The summed E-state index contributed by atoms with van der Waals surface area (Å²) in [6.07, 6.45) is 6.04. The molecule has 0 atom stereocenters. The summed E-state index contributed by atoms with van der Waals surface area (Å²) in [5, 5.41) is 0.607.